The molecule has 3 aliphatic rings. The number of hydrogen-bond donors (Lipinski definition) is 1. The fourth-order valence-electron chi connectivity index (χ4n) is 8.72. The van der Waals surface area contributed by atoms with Gasteiger partial charge in [0.05, 0.1) is 28.8 Å². The largest absolute Gasteiger partial charge is 0.470 e. The van der Waals surface area contributed by atoms with E-state index in [0.29, 0.717) is 34.9 Å². The number of nitrogens with zero attached hydrogens (tertiary/aromatic N) is 4. The first kappa shape index (κ1) is 45.5. The number of alkyl halides is 3. The third kappa shape index (κ3) is 9.11. The molecule has 1 aliphatic heterocycles. The molecule has 3 amide bonds. The van der Waals surface area contributed by atoms with Crippen LogP contribution in [0, 0.1) is 22.7 Å². The summed E-state index contributed by atoms with van der Waals surface area (Å²) in [6.45, 7) is 9.49. The highest BCUT2D eigenvalue weighted by Crippen LogP contribution is 2.57. The maximum Gasteiger partial charge on any atom is 0.416 e. The van der Waals surface area contributed by atoms with Crippen LogP contribution in [-0.4, -0.2) is 89.7 Å². The number of ketones is 1. The van der Waals surface area contributed by atoms with Gasteiger partial charge in [-0.05, 0) is 79.0 Å². The number of likely N-dealkylation sites (tertiary alicyclic amines) is 1. The molecule has 8 rings (SSSR count). The molecule has 17 heteroatoms. The highest BCUT2D eigenvalue weighted by atomic mass is 32.2. The highest BCUT2D eigenvalue weighted by molar-refractivity contribution is 7.90. The van der Waals surface area contributed by atoms with Crippen LogP contribution in [0.5, 0.6) is 5.88 Å². The van der Waals surface area contributed by atoms with Gasteiger partial charge in [-0.25, -0.2) is 13.4 Å². The Bertz CT molecular complexity index is 2820. The van der Waals surface area contributed by atoms with Gasteiger partial charge in [-0.2, -0.15) is 18.2 Å². The van der Waals surface area contributed by atoms with Crippen LogP contribution in [0.15, 0.2) is 89.9 Å². The number of fused-ring (bicyclic) bond motifs is 3. The molecule has 0 radical (unpaired) electrons. The Kier molecular flexibility index (Phi) is 11.7. The molecule has 3 aromatic carbocycles. The predicted molar refractivity (Wildman–Crippen MR) is 236 cm³/mol. The molecule has 1 N–H and O–H groups in total. The Morgan fingerprint density at radius 2 is 1.68 bits per heavy atom. The third-order valence-electron chi connectivity index (χ3n) is 12.8. The summed E-state index contributed by atoms with van der Waals surface area (Å²) < 4.78 is 81.4. The number of nitrogens with one attached hydrogen (secondary N) is 1. The van der Waals surface area contributed by atoms with Crippen molar-refractivity contribution in [3.05, 3.63) is 102 Å². The van der Waals surface area contributed by atoms with E-state index in [1.807, 2.05) is 20.8 Å². The van der Waals surface area contributed by atoms with Crippen LogP contribution in [0.2, 0.25) is 0 Å². The zero-order valence-electron chi connectivity index (χ0n) is 36.6. The molecular weight excluding hydrogens is 864 g/mol. The summed E-state index contributed by atoms with van der Waals surface area (Å²) in [6.07, 6.45) is -2.99. The minimum Gasteiger partial charge on any atom is -0.470 e. The number of para-hydroxylation sites is 1. The van der Waals surface area contributed by atoms with E-state index in [1.54, 1.807) is 62.6 Å². The maximum atomic E-state index is 15.1. The van der Waals surface area contributed by atoms with Gasteiger partial charge in [0.2, 0.25) is 27.4 Å². The second kappa shape index (κ2) is 16.7. The molecule has 3 heterocycles. The fraction of sp³-hybridized carbons (Fsp3) is 0.417. The average molecular weight is 914 g/mol. The summed E-state index contributed by atoms with van der Waals surface area (Å²) >= 11 is 0. The van der Waals surface area contributed by atoms with Crippen molar-refractivity contribution >= 4 is 55.6 Å². The number of ether oxygens (including phenoxy) is 1. The van der Waals surface area contributed by atoms with Crippen LogP contribution in [0.1, 0.15) is 74.4 Å². The molecule has 342 valence electrons. The molecule has 1 saturated heterocycles. The summed E-state index contributed by atoms with van der Waals surface area (Å²) in [7, 11) is -0.624. The first-order chi connectivity index (χ1) is 30.6. The lowest BCUT2D eigenvalue weighted by Crippen LogP contribution is -2.48. The molecule has 3 fully saturated rings. The zero-order chi connectivity index (χ0) is 46.8. The van der Waals surface area contributed by atoms with Crippen LogP contribution in [-0.2, 0) is 37.0 Å². The lowest BCUT2D eigenvalue weighted by molar-refractivity contribution is -0.144. The van der Waals surface area contributed by atoms with Crippen molar-refractivity contribution in [3.63, 3.8) is 0 Å². The number of allylic oxidation sites excluding steroid dienone is 1. The number of aromatic nitrogens is 2. The molecule has 0 spiro atoms. The Hall–Kier alpha value is -6.10. The number of hydrogen-bond acceptors (Lipinski definition) is 10. The SMILES string of the molecule is C=C[C@@H]1C[C@]1(CC(=O)[C@@H]1C[C@@H](Oc2nc(-c3ccc(C(F)(F)F)cc3)nc3c2oc2ccccc23)CN1C(=O)[C@@H](Cc1ccc(C(=O)N(C)C)cc1)C(C)(C)C)C(=O)NS(=O)(=O)C1CC1. The first-order valence-electron chi connectivity index (χ1n) is 21.5. The number of benzene rings is 3. The van der Waals surface area contributed by atoms with Gasteiger partial charge in [0, 0.05) is 49.4 Å². The van der Waals surface area contributed by atoms with Gasteiger partial charge >= 0.3 is 6.18 Å². The van der Waals surface area contributed by atoms with Gasteiger partial charge in [-0.1, -0.05) is 63.2 Å². The molecular formula is C48H50F3N5O8S. The normalized spacial score (nSPS) is 21.5. The third-order valence-corrected chi connectivity index (χ3v) is 14.6. The van der Waals surface area contributed by atoms with Crippen molar-refractivity contribution in [2.24, 2.45) is 22.7 Å². The maximum absolute atomic E-state index is 15.1. The number of Topliss-reactive ketones (excluding diaryl/α,β-unsaturated/α-hetero) is 1. The number of furan rings is 1. The lowest BCUT2D eigenvalue weighted by atomic mass is 9.76. The Morgan fingerprint density at radius 3 is 2.28 bits per heavy atom. The number of rotatable bonds is 14. The van der Waals surface area contributed by atoms with E-state index in [9.17, 15) is 36.0 Å². The number of amides is 3. The summed E-state index contributed by atoms with van der Waals surface area (Å²) in [4.78, 5) is 68.6. The smallest absolute Gasteiger partial charge is 0.416 e. The minimum absolute atomic E-state index is 0.0407. The van der Waals surface area contributed by atoms with Gasteiger partial charge < -0.3 is 19.0 Å². The number of sulfonamides is 1. The number of halogens is 3. The molecule has 2 saturated carbocycles. The molecule has 2 aliphatic carbocycles. The van der Waals surface area contributed by atoms with Gasteiger partial charge in [0.25, 0.3) is 11.8 Å². The minimum atomic E-state index is -4.56. The van der Waals surface area contributed by atoms with E-state index in [-0.39, 0.29) is 66.9 Å². The van der Waals surface area contributed by atoms with Gasteiger partial charge in [-0.3, -0.25) is 23.9 Å². The van der Waals surface area contributed by atoms with E-state index in [1.165, 1.54) is 28.0 Å². The quantitative estimate of drug-likeness (QED) is 0.109. The van der Waals surface area contributed by atoms with Crippen LogP contribution >= 0.6 is 0 Å². The van der Waals surface area contributed by atoms with Crippen molar-refractivity contribution < 1.29 is 49.9 Å². The monoisotopic (exact) mass is 913 g/mol. The Balaban J connectivity index is 1.15. The molecule has 5 atom stereocenters. The van der Waals surface area contributed by atoms with E-state index >= 15 is 4.79 Å². The second-order valence-electron chi connectivity index (χ2n) is 18.7. The highest BCUT2D eigenvalue weighted by Gasteiger charge is 2.61. The van der Waals surface area contributed by atoms with Gasteiger partial charge in [0.1, 0.15) is 17.2 Å². The van der Waals surface area contributed by atoms with Crippen molar-refractivity contribution in [2.75, 3.05) is 20.6 Å². The number of carbonyl (C=O) groups excluding carboxylic acids is 4. The summed E-state index contributed by atoms with van der Waals surface area (Å²) in [5.74, 6) is -2.95. The van der Waals surface area contributed by atoms with Crippen molar-refractivity contribution in [3.8, 4) is 17.3 Å². The molecule has 5 aromatic rings. The molecule has 2 aromatic heterocycles. The Morgan fingerprint density at radius 1 is 1.00 bits per heavy atom. The summed E-state index contributed by atoms with van der Waals surface area (Å²) in [5.41, 5.74) is -0.407. The summed E-state index contributed by atoms with van der Waals surface area (Å²) in [5, 5.41) is -0.0698. The van der Waals surface area contributed by atoms with Crippen LogP contribution in [0.4, 0.5) is 13.2 Å². The fourth-order valence-corrected chi connectivity index (χ4v) is 10.1. The predicted octanol–water partition coefficient (Wildman–Crippen LogP) is 7.78. The summed E-state index contributed by atoms with van der Waals surface area (Å²) in [6, 6.07) is 17.3. The van der Waals surface area contributed by atoms with E-state index in [2.05, 4.69) is 21.3 Å². The van der Waals surface area contributed by atoms with Crippen LogP contribution in [0.3, 0.4) is 0 Å². The van der Waals surface area contributed by atoms with E-state index in [0.717, 1.165) is 17.7 Å². The topological polar surface area (TPSA) is 169 Å². The van der Waals surface area contributed by atoms with Crippen LogP contribution in [0.25, 0.3) is 33.5 Å². The first-order valence-corrected chi connectivity index (χ1v) is 23.0. The van der Waals surface area contributed by atoms with E-state index in [4.69, 9.17) is 9.15 Å². The average Bonchev–Trinajstić information content (AvgIpc) is 4.16. The Labute approximate surface area is 374 Å². The molecule has 0 bridgehead atoms. The van der Waals surface area contributed by atoms with Crippen LogP contribution < -0.4 is 9.46 Å². The number of carbonyl (C=O) groups is 4. The molecule has 65 heavy (non-hydrogen) atoms. The van der Waals surface area contributed by atoms with Gasteiger partial charge in [-0.15, -0.1) is 6.58 Å². The van der Waals surface area contributed by atoms with Crippen molar-refractivity contribution in [1.29, 1.82) is 0 Å². The second-order valence-corrected chi connectivity index (χ2v) is 20.7. The van der Waals surface area contributed by atoms with Gasteiger partial charge in [0.15, 0.2) is 11.6 Å². The van der Waals surface area contributed by atoms with Crippen molar-refractivity contribution in [2.45, 2.75) is 82.9 Å². The molecule has 0 unspecified atom stereocenters. The van der Waals surface area contributed by atoms with Crippen molar-refractivity contribution in [1.82, 2.24) is 24.5 Å². The standard InChI is InChI=1S/C48H50F3N5O8S/c1-7-30-24-47(30,45(60)54-65(61,62)33-20-21-33)25-37(57)36-23-32(26-56(36)44(59)35(46(2,3)4)22-27-12-14-29(15-13-27)43(58)55(5)6)63-42-40-39(34-10-8-9-11-38(34)64-40)52-41(53-42)28-16-18-31(19-17-28)48(49,50)51/h7-19,30,32-33,35-36H,1,20-26H2,2-6H3,(H,54,60)/t30-,32-,35-,36+,47-/m1/s1. The van der Waals surface area contributed by atoms with E-state index < -0.39 is 73.5 Å². The molecule has 13 nitrogen and oxygen atoms in total. The zero-order valence-corrected chi connectivity index (χ0v) is 37.5. The lowest BCUT2D eigenvalue weighted by Gasteiger charge is -2.35.